The molecule has 4 heterocycles. The molecule has 8 nitrogen and oxygen atoms in total. The first-order valence-corrected chi connectivity index (χ1v) is 11.3. The molecule has 1 fully saturated rings. The molecule has 0 unspecified atom stereocenters. The summed E-state index contributed by atoms with van der Waals surface area (Å²) in [6.45, 7) is 7.05. The van der Waals surface area contributed by atoms with E-state index in [0.717, 1.165) is 45.9 Å². The van der Waals surface area contributed by atoms with E-state index in [0.29, 0.717) is 18.8 Å². The van der Waals surface area contributed by atoms with Crippen LogP contribution in [0.1, 0.15) is 35.3 Å². The van der Waals surface area contributed by atoms with Gasteiger partial charge in [-0.2, -0.15) is 5.10 Å². The Morgan fingerprint density at radius 3 is 2.82 bits per heavy atom. The molecule has 3 aromatic heterocycles. The molecule has 0 radical (unpaired) electrons. The maximum Gasteiger partial charge on any atom is 0.270 e. The second-order valence-corrected chi connectivity index (χ2v) is 8.86. The maximum absolute atomic E-state index is 12.2. The highest BCUT2D eigenvalue weighted by molar-refractivity contribution is 7.99. The number of nitrogens with zero attached hydrogens (tertiary/aromatic N) is 6. The first-order valence-electron chi connectivity index (χ1n) is 9.47. The van der Waals surface area contributed by atoms with Crippen LogP contribution in [0.3, 0.4) is 0 Å². The number of amides is 1. The molecule has 0 spiro atoms. The van der Waals surface area contributed by atoms with Gasteiger partial charge in [0.25, 0.3) is 5.91 Å². The number of aromatic nitrogens is 5. The second kappa shape index (κ2) is 8.44. The molecule has 1 saturated heterocycles. The number of anilines is 1. The molecular formula is C18H23N7OS2. The average molecular weight is 418 g/mol. The van der Waals surface area contributed by atoms with Gasteiger partial charge in [-0.05, 0) is 25.5 Å². The lowest BCUT2D eigenvalue weighted by Crippen LogP contribution is -2.27. The van der Waals surface area contributed by atoms with Crippen LogP contribution in [-0.2, 0) is 6.54 Å². The van der Waals surface area contributed by atoms with E-state index in [1.807, 2.05) is 17.8 Å². The van der Waals surface area contributed by atoms with Gasteiger partial charge in [-0.25, -0.2) is 19.6 Å². The number of thiazole rings is 1. The molecule has 148 valence electrons. The van der Waals surface area contributed by atoms with Crippen molar-refractivity contribution in [3.63, 3.8) is 0 Å². The first kappa shape index (κ1) is 19.1. The summed E-state index contributed by atoms with van der Waals surface area (Å²) in [6.07, 6.45) is 4.23. The minimum atomic E-state index is -0.157. The van der Waals surface area contributed by atoms with E-state index in [2.05, 4.69) is 27.2 Å². The Morgan fingerprint density at radius 1 is 1.29 bits per heavy atom. The molecule has 1 aliphatic heterocycles. The number of rotatable bonds is 7. The fourth-order valence-corrected chi connectivity index (χ4v) is 4.44. The number of fused-ring (bicyclic) bond motifs is 1. The Bertz CT molecular complexity index is 978. The highest BCUT2D eigenvalue weighted by Gasteiger charge is 2.20. The largest absolute Gasteiger partial charge is 0.356 e. The van der Waals surface area contributed by atoms with Crippen LogP contribution < -0.4 is 10.2 Å². The highest BCUT2D eigenvalue weighted by atomic mass is 32.2. The molecule has 1 N–H and O–H groups in total. The Kier molecular flexibility index (Phi) is 5.77. The summed E-state index contributed by atoms with van der Waals surface area (Å²) >= 11 is 3.11. The zero-order valence-corrected chi connectivity index (χ0v) is 17.6. The van der Waals surface area contributed by atoms with Gasteiger partial charge in [-0.1, -0.05) is 18.7 Å². The molecule has 0 aliphatic carbocycles. The predicted octanol–water partition coefficient (Wildman–Crippen LogP) is 2.73. The molecule has 1 amide bonds. The van der Waals surface area contributed by atoms with Crippen LogP contribution in [0.5, 0.6) is 0 Å². The van der Waals surface area contributed by atoms with Crippen LogP contribution in [0.2, 0.25) is 0 Å². The van der Waals surface area contributed by atoms with E-state index in [-0.39, 0.29) is 5.91 Å². The highest BCUT2D eigenvalue weighted by Crippen LogP contribution is 2.29. The van der Waals surface area contributed by atoms with E-state index in [4.69, 9.17) is 9.97 Å². The maximum atomic E-state index is 12.2. The minimum Gasteiger partial charge on any atom is -0.356 e. The topological polar surface area (TPSA) is 88.8 Å². The van der Waals surface area contributed by atoms with Crippen molar-refractivity contribution < 1.29 is 4.79 Å². The van der Waals surface area contributed by atoms with Gasteiger partial charge in [-0.3, -0.25) is 4.79 Å². The minimum absolute atomic E-state index is 0.157. The molecular weight excluding hydrogens is 394 g/mol. The quantitative estimate of drug-likeness (QED) is 0.467. The summed E-state index contributed by atoms with van der Waals surface area (Å²) in [5, 5.41) is 11.8. The molecule has 0 bridgehead atoms. The number of nitrogens with one attached hydrogen (secondary N) is 1. The first-order chi connectivity index (χ1) is 13.7. The van der Waals surface area contributed by atoms with Gasteiger partial charge in [0.2, 0.25) is 0 Å². The van der Waals surface area contributed by atoms with Gasteiger partial charge in [0, 0.05) is 25.0 Å². The Hall–Kier alpha value is -2.20. The predicted molar refractivity (Wildman–Crippen MR) is 112 cm³/mol. The van der Waals surface area contributed by atoms with Gasteiger partial charge >= 0.3 is 0 Å². The zero-order chi connectivity index (χ0) is 19.5. The fraction of sp³-hybridized carbons (Fsp3) is 0.500. The average Bonchev–Trinajstić information content (AvgIpc) is 3.43. The molecule has 1 aliphatic rings. The third kappa shape index (κ3) is 3.97. The van der Waals surface area contributed by atoms with Crippen LogP contribution in [0, 0.1) is 6.92 Å². The molecule has 28 heavy (non-hydrogen) atoms. The van der Waals surface area contributed by atoms with Crippen molar-refractivity contribution in [1.29, 1.82) is 0 Å². The number of carbonyl (C=O) groups excluding carboxylic acids is 1. The van der Waals surface area contributed by atoms with Crippen LogP contribution in [0.15, 0.2) is 16.7 Å². The van der Waals surface area contributed by atoms with Crippen molar-refractivity contribution >= 4 is 45.9 Å². The lowest BCUT2D eigenvalue weighted by molar-refractivity contribution is 0.0947. The molecule has 10 heteroatoms. The van der Waals surface area contributed by atoms with Crippen LogP contribution in [0.25, 0.3) is 11.0 Å². The number of hydrogen-bond acceptors (Lipinski definition) is 8. The van der Waals surface area contributed by atoms with E-state index in [1.165, 1.54) is 24.2 Å². The number of hydrogen-bond donors (Lipinski definition) is 1. The lowest BCUT2D eigenvalue weighted by atomic mass is 10.3. The Morgan fingerprint density at radius 2 is 2.11 bits per heavy atom. The van der Waals surface area contributed by atoms with Crippen molar-refractivity contribution in [2.24, 2.45) is 0 Å². The molecule has 0 aromatic carbocycles. The third-order valence-electron chi connectivity index (χ3n) is 4.60. The molecule has 3 aromatic rings. The van der Waals surface area contributed by atoms with E-state index >= 15 is 0 Å². The summed E-state index contributed by atoms with van der Waals surface area (Å²) in [6, 6.07) is 0. The van der Waals surface area contributed by atoms with Crippen molar-refractivity contribution in [1.82, 2.24) is 30.0 Å². The van der Waals surface area contributed by atoms with Gasteiger partial charge in [0.1, 0.15) is 11.5 Å². The van der Waals surface area contributed by atoms with Crippen molar-refractivity contribution in [3.05, 3.63) is 22.3 Å². The monoisotopic (exact) mass is 417 g/mol. The fourth-order valence-electron chi connectivity index (χ4n) is 3.28. The van der Waals surface area contributed by atoms with Gasteiger partial charge in [0.15, 0.2) is 10.8 Å². The second-order valence-electron chi connectivity index (χ2n) is 6.57. The van der Waals surface area contributed by atoms with Gasteiger partial charge in [0.05, 0.1) is 23.1 Å². The molecule has 0 atom stereocenters. The number of carbonyl (C=O) groups is 1. The zero-order valence-electron chi connectivity index (χ0n) is 16.0. The van der Waals surface area contributed by atoms with Gasteiger partial charge < -0.3 is 10.2 Å². The standard InChI is InChI=1S/C18H23N7OS2/c1-3-27-18-22-15(24-7-4-5-8-24)13-10-20-25(16(13)23-18)9-6-19-17(26)14-11-28-12(2)21-14/h10-11H,3-9H2,1-2H3,(H,19,26). The summed E-state index contributed by atoms with van der Waals surface area (Å²) < 4.78 is 1.85. The van der Waals surface area contributed by atoms with Crippen molar-refractivity contribution in [2.75, 3.05) is 30.3 Å². The normalized spacial score (nSPS) is 14.1. The van der Waals surface area contributed by atoms with E-state index < -0.39 is 0 Å². The van der Waals surface area contributed by atoms with Crippen molar-refractivity contribution in [2.45, 2.75) is 38.4 Å². The number of aryl methyl sites for hydroxylation is 1. The van der Waals surface area contributed by atoms with Crippen LogP contribution in [0.4, 0.5) is 5.82 Å². The summed E-state index contributed by atoms with van der Waals surface area (Å²) in [4.78, 5) is 28.2. The van der Waals surface area contributed by atoms with Crippen molar-refractivity contribution in [3.8, 4) is 0 Å². The lowest BCUT2D eigenvalue weighted by Gasteiger charge is -2.17. The smallest absolute Gasteiger partial charge is 0.270 e. The summed E-state index contributed by atoms with van der Waals surface area (Å²) in [7, 11) is 0. The third-order valence-corrected chi connectivity index (χ3v) is 6.10. The molecule has 0 saturated carbocycles. The van der Waals surface area contributed by atoms with Gasteiger partial charge in [-0.15, -0.1) is 11.3 Å². The van der Waals surface area contributed by atoms with E-state index in [1.54, 1.807) is 17.1 Å². The Labute approximate surface area is 171 Å². The summed E-state index contributed by atoms with van der Waals surface area (Å²) in [5.74, 6) is 1.74. The van der Waals surface area contributed by atoms with Crippen LogP contribution >= 0.6 is 23.1 Å². The SMILES string of the molecule is CCSc1nc(N2CCCC2)c2cnn(CCNC(=O)c3csc(C)n3)c2n1. The number of thioether (sulfide) groups is 1. The Balaban J connectivity index is 1.53. The van der Waals surface area contributed by atoms with Crippen LogP contribution in [-0.4, -0.2) is 56.0 Å². The van der Waals surface area contributed by atoms with E-state index in [9.17, 15) is 4.79 Å². The molecule has 4 rings (SSSR count). The summed E-state index contributed by atoms with van der Waals surface area (Å²) in [5.41, 5.74) is 1.29.